The van der Waals surface area contributed by atoms with Gasteiger partial charge in [-0.05, 0) is 55.5 Å². The molecule has 0 atom stereocenters. The summed E-state index contributed by atoms with van der Waals surface area (Å²) in [7, 11) is 2.18. The van der Waals surface area contributed by atoms with Crippen LogP contribution in [0.1, 0.15) is 27.9 Å². The molecule has 0 fully saturated rings. The van der Waals surface area contributed by atoms with Crippen LogP contribution in [-0.4, -0.2) is 16.9 Å². The van der Waals surface area contributed by atoms with Crippen molar-refractivity contribution in [3.63, 3.8) is 0 Å². The zero-order valence-corrected chi connectivity index (χ0v) is 17.7. The van der Waals surface area contributed by atoms with E-state index in [-0.39, 0.29) is 0 Å². The van der Waals surface area contributed by atoms with Crippen LogP contribution in [0.4, 0.5) is 0 Å². The van der Waals surface area contributed by atoms with Gasteiger partial charge in [-0.15, -0.1) is 0 Å². The van der Waals surface area contributed by atoms with E-state index in [4.69, 9.17) is 4.98 Å². The molecule has 146 valence electrons. The Hall–Kier alpha value is -2.97. The first-order valence-corrected chi connectivity index (χ1v) is 10.2. The van der Waals surface area contributed by atoms with Crippen molar-refractivity contribution < 1.29 is 0 Å². The number of rotatable bonds is 5. The first kappa shape index (κ1) is 19.4. The third-order valence-corrected chi connectivity index (χ3v) is 5.66. The molecule has 0 saturated carbocycles. The molecule has 1 heterocycles. The highest BCUT2D eigenvalue weighted by atomic mass is 15.1. The minimum absolute atomic E-state index is 0.876. The van der Waals surface area contributed by atoms with Crippen LogP contribution in [0.25, 0.3) is 22.0 Å². The van der Waals surface area contributed by atoms with Gasteiger partial charge < -0.3 is 0 Å². The van der Waals surface area contributed by atoms with Crippen molar-refractivity contribution in [1.29, 1.82) is 0 Å². The summed E-state index contributed by atoms with van der Waals surface area (Å²) in [6, 6.07) is 25.8. The minimum Gasteiger partial charge on any atom is -0.298 e. The van der Waals surface area contributed by atoms with E-state index in [0.717, 1.165) is 24.5 Å². The molecule has 0 unspecified atom stereocenters. The number of pyridine rings is 1. The predicted molar refractivity (Wildman–Crippen MR) is 123 cm³/mol. The van der Waals surface area contributed by atoms with Crippen molar-refractivity contribution in [3.8, 4) is 11.3 Å². The molecule has 0 aliphatic carbocycles. The van der Waals surface area contributed by atoms with Crippen LogP contribution in [0.3, 0.4) is 0 Å². The quantitative estimate of drug-likeness (QED) is 0.395. The Morgan fingerprint density at radius 3 is 2.00 bits per heavy atom. The Bertz CT molecular complexity index is 1130. The Labute approximate surface area is 173 Å². The number of nitrogens with zero attached hydrogens (tertiary/aromatic N) is 2. The van der Waals surface area contributed by atoms with Crippen molar-refractivity contribution in [1.82, 2.24) is 9.88 Å². The van der Waals surface area contributed by atoms with E-state index in [1.165, 1.54) is 38.6 Å². The average molecular weight is 381 g/mol. The van der Waals surface area contributed by atoms with Crippen LogP contribution in [-0.2, 0) is 13.1 Å². The first-order valence-electron chi connectivity index (χ1n) is 10.2. The zero-order chi connectivity index (χ0) is 20.4. The fourth-order valence-corrected chi connectivity index (χ4v) is 4.24. The van der Waals surface area contributed by atoms with Gasteiger partial charge in [0.05, 0.1) is 5.69 Å². The fourth-order valence-electron chi connectivity index (χ4n) is 4.24. The van der Waals surface area contributed by atoms with Gasteiger partial charge in [-0.2, -0.15) is 0 Å². The van der Waals surface area contributed by atoms with Gasteiger partial charge in [-0.25, -0.2) is 0 Å². The molecule has 3 aromatic carbocycles. The van der Waals surface area contributed by atoms with Gasteiger partial charge in [-0.1, -0.05) is 72.8 Å². The molecule has 0 amide bonds. The second-order valence-corrected chi connectivity index (χ2v) is 7.99. The minimum atomic E-state index is 0.876. The Morgan fingerprint density at radius 1 is 0.690 bits per heavy atom. The standard InChI is InChI=1S/C27H28N2/c1-19-11-10-12-20(2)26(19)27-24-16-9-8-15-23(24)25(21(3)28-27)18-29(4)17-22-13-6-5-7-14-22/h5-16H,17-18H2,1-4H3. The number of hydrogen-bond acceptors (Lipinski definition) is 2. The van der Waals surface area contributed by atoms with E-state index < -0.39 is 0 Å². The molecule has 0 spiro atoms. The van der Waals surface area contributed by atoms with Gasteiger partial charge in [-0.3, -0.25) is 9.88 Å². The molecule has 0 saturated heterocycles. The van der Waals surface area contributed by atoms with Gasteiger partial charge >= 0.3 is 0 Å². The van der Waals surface area contributed by atoms with Crippen molar-refractivity contribution in [2.24, 2.45) is 0 Å². The molecule has 2 nitrogen and oxygen atoms in total. The monoisotopic (exact) mass is 380 g/mol. The maximum absolute atomic E-state index is 5.13. The van der Waals surface area contributed by atoms with E-state index >= 15 is 0 Å². The second kappa shape index (κ2) is 8.18. The molecule has 2 heteroatoms. The Morgan fingerprint density at radius 2 is 1.31 bits per heavy atom. The topological polar surface area (TPSA) is 16.1 Å². The Balaban J connectivity index is 1.78. The number of benzene rings is 3. The third-order valence-electron chi connectivity index (χ3n) is 5.66. The highest BCUT2D eigenvalue weighted by Gasteiger charge is 2.16. The summed E-state index contributed by atoms with van der Waals surface area (Å²) in [6.45, 7) is 8.30. The number of aryl methyl sites for hydroxylation is 3. The van der Waals surface area contributed by atoms with E-state index in [9.17, 15) is 0 Å². The highest BCUT2D eigenvalue weighted by Crippen LogP contribution is 2.34. The van der Waals surface area contributed by atoms with Crippen molar-refractivity contribution >= 4 is 10.8 Å². The van der Waals surface area contributed by atoms with Gasteiger partial charge in [0.2, 0.25) is 0 Å². The van der Waals surface area contributed by atoms with Crippen LogP contribution >= 0.6 is 0 Å². The molecule has 29 heavy (non-hydrogen) atoms. The third kappa shape index (κ3) is 3.94. The summed E-state index contributed by atoms with van der Waals surface area (Å²) in [6.07, 6.45) is 0. The van der Waals surface area contributed by atoms with Gasteiger partial charge in [0, 0.05) is 29.7 Å². The zero-order valence-electron chi connectivity index (χ0n) is 17.7. The molecule has 4 aromatic rings. The number of fused-ring (bicyclic) bond motifs is 1. The van der Waals surface area contributed by atoms with E-state index in [1.54, 1.807) is 0 Å². The lowest BCUT2D eigenvalue weighted by molar-refractivity contribution is 0.319. The molecule has 0 aliphatic heterocycles. The highest BCUT2D eigenvalue weighted by molar-refractivity contribution is 5.98. The normalized spacial score (nSPS) is 11.3. The molecule has 1 aromatic heterocycles. The number of aromatic nitrogens is 1. The molecule has 0 radical (unpaired) electrons. The van der Waals surface area contributed by atoms with Crippen molar-refractivity contribution in [2.45, 2.75) is 33.9 Å². The molecule has 0 N–H and O–H groups in total. The lowest BCUT2D eigenvalue weighted by Gasteiger charge is -2.21. The summed E-state index contributed by atoms with van der Waals surface area (Å²) in [5, 5.41) is 2.54. The maximum atomic E-state index is 5.13. The van der Waals surface area contributed by atoms with Crippen LogP contribution < -0.4 is 0 Å². The lowest BCUT2D eigenvalue weighted by Crippen LogP contribution is -2.18. The molecule has 4 rings (SSSR count). The van der Waals surface area contributed by atoms with E-state index in [0.29, 0.717) is 0 Å². The predicted octanol–water partition coefficient (Wildman–Crippen LogP) is 6.46. The summed E-state index contributed by atoms with van der Waals surface area (Å²) < 4.78 is 0. The summed E-state index contributed by atoms with van der Waals surface area (Å²) >= 11 is 0. The van der Waals surface area contributed by atoms with Crippen LogP contribution in [0, 0.1) is 20.8 Å². The smallest absolute Gasteiger partial charge is 0.0789 e. The van der Waals surface area contributed by atoms with Crippen LogP contribution in [0.2, 0.25) is 0 Å². The average Bonchev–Trinajstić information content (AvgIpc) is 2.71. The van der Waals surface area contributed by atoms with Gasteiger partial charge in [0.25, 0.3) is 0 Å². The van der Waals surface area contributed by atoms with Crippen molar-refractivity contribution in [2.75, 3.05) is 7.05 Å². The van der Waals surface area contributed by atoms with E-state index in [2.05, 4.69) is 106 Å². The molecule has 0 bridgehead atoms. The van der Waals surface area contributed by atoms with Gasteiger partial charge in [0.15, 0.2) is 0 Å². The second-order valence-electron chi connectivity index (χ2n) is 7.99. The SMILES string of the molecule is Cc1cccc(C)c1-c1nc(C)c(CN(C)Cc2ccccc2)c2ccccc12. The summed E-state index contributed by atoms with van der Waals surface area (Å²) in [4.78, 5) is 7.49. The number of hydrogen-bond donors (Lipinski definition) is 0. The summed E-state index contributed by atoms with van der Waals surface area (Å²) in [5.74, 6) is 0. The summed E-state index contributed by atoms with van der Waals surface area (Å²) in [5.41, 5.74) is 8.67. The molecular weight excluding hydrogens is 352 g/mol. The molecular formula is C27H28N2. The van der Waals surface area contributed by atoms with Crippen molar-refractivity contribution in [3.05, 3.63) is 101 Å². The Kier molecular flexibility index (Phi) is 5.46. The fraction of sp³-hybridized carbons (Fsp3) is 0.222. The van der Waals surface area contributed by atoms with E-state index in [1.807, 2.05) is 0 Å². The van der Waals surface area contributed by atoms with Gasteiger partial charge in [0.1, 0.15) is 0 Å². The first-order chi connectivity index (χ1) is 14.0. The largest absolute Gasteiger partial charge is 0.298 e. The lowest BCUT2D eigenvalue weighted by atomic mass is 9.93. The van der Waals surface area contributed by atoms with Crippen LogP contribution in [0.5, 0.6) is 0 Å². The molecule has 0 aliphatic rings. The maximum Gasteiger partial charge on any atom is 0.0789 e. The van der Waals surface area contributed by atoms with Crippen LogP contribution in [0.15, 0.2) is 72.8 Å².